The first kappa shape index (κ1) is 21.5. The maximum atomic E-state index is 12.6. The van der Waals surface area contributed by atoms with Crippen molar-refractivity contribution in [1.29, 1.82) is 0 Å². The second-order valence-electron chi connectivity index (χ2n) is 9.62. The van der Waals surface area contributed by atoms with Crippen LogP contribution in [0.5, 0.6) is 11.5 Å². The van der Waals surface area contributed by atoms with E-state index in [1.165, 1.54) is 18.1 Å². The van der Waals surface area contributed by atoms with Crippen molar-refractivity contribution in [3.05, 3.63) is 35.4 Å². The van der Waals surface area contributed by atoms with E-state index in [1.54, 1.807) is 0 Å². The fourth-order valence-electron chi connectivity index (χ4n) is 6.62. The lowest BCUT2D eigenvalue weighted by molar-refractivity contribution is -1.11. The molecule has 2 bridgehead atoms. The Kier molecular flexibility index (Phi) is 5.09. The molecule has 1 fully saturated rings. The Labute approximate surface area is 189 Å². The number of likely N-dealkylation sites (N-methyl/N-ethyl adjacent to an activating group) is 2. The number of piperidine rings is 1. The summed E-state index contributed by atoms with van der Waals surface area (Å²) in [6.45, 7) is 7.72. The Morgan fingerprint density at radius 3 is 2.78 bits per heavy atom. The Hall–Kier alpha value is -2.38. The van der Waals surface area contributed by atoms with Gasteiger partial charge in [-0.1, -0.05) is 18.2 Å². The minimum absolute atomic E-state index is 0.0387. The number of ether oxygens (including phenoxy) is 2. The molecule has 32 heavy (non-hydrogen) atoms. The Balaban J connectivity index is 1.50. The van der Waals surface area contributed by atoms with Gasteiger partial charge in [-0.25, -0.2) is 0 Å². The molecule has 5 rings (SSSR count). The van der Waals surface area contributed by atoms with Gasteiger partial charge in [0, 0.05) is 50.8 Å². The highest BCUT2D eigenvalue weighted by Gasteiger charge is 2.67. The molecule has 4 aliphatic rings. The third-order valence-electron chi connectivity index (χ3n) is 8.16. The largest absolute Gasteiger partial charge is 0.485 e. The van der Waals surface area contributed by atoms with E-state index >= 15 is 0 Å². The fraction of sp³-hybridized carbons (Fsp3) is 0.600. The number of esters is 1. The number of hydroxylamine groups is 3. The lowest BCUT2D eigenvalue weighted by Crippen LogP contribution is -2.69. The van der Waals surface area contributed by atoms with Crippen LogP contribution in [-0.4, -0.2) is 66.9 Å². The van der Waals surface area contributed by atoms with E-state index in [2.05, 4.69) is 25.3 Å². The van der Waals surface area contributed by atoms with Crippen molar-refractivity contribution in [3.8, 4) is 11.5 Å². The van der Waals surface area contributed by atoms with Gasteiger partial charge in [0.05, 0.1) is 12.5 Å². The maximum absolute atomic E-state index is 12.6. The van der Waals surface area contributed by atoms with Gasteiger partial charge < -0.3 is 14.4 Å². The van der Waals surface area contributed by atoms with E-state index in [1.807, 2.05) is 24.8 Å². The van der Waals surface area contributed by atoms with Crippen molar-refractivity contribution in [2.75, 3.05) is 33.3 Å². The third-order valence-corrected chi connectivity index (χ3v) is 8.16. The van der Waals surface area contributed by atoms with Crippen molar-refractivity contribution in [2.45, 2.75) is 57.6 Å². The first-order valence-corrected chi connectivity index (χ1v) is 11.8. The minimum atomic E-state index is -0.334. The van der Waals surface area contributed by atoms with Crippen LogP contribution in [0, 0.1) is 5.92 Å². The normalized spacial score (nSPS) is 33.3. The van der Waals surface area contributed by atoms with Crippen LogP contribution in [0.25, 0.3) is 0 Å². The van der Waals surface area contributed by atoms with Gasteiger partial charge in [0.2, 0.25) is 0 Å². The Morgan fingerprint density at radius 1 is 1.28 bits per heavy atom. The molecule has 172 valence electrons. The predicted molar refractivity (Wildman–Crippen MR) is 118 cm³/mol. The first-order chi connectivity index (χ1) is 15.3. The summed E-state index contributed by atoms with van der Waals surface area (Å²) in [7, 11) is 2.12. The van der Waals surface area contributed by atoms with Crippen LogP contribution in [0.4, 0.5) is 0 Å². The first-order valence-electron chi connectivity index (χ1n) is 11.8. The van der Waals surface area contributed by atoms with E-state index in [-0.39, 0.29) is 42.0 Å². The van der Waals surface area contributed by atoms with Crippen molar-refractivity contribution >= 4 is 11.9 Å². The van der Waals surface area contributed by atoms with E-state index in [4.69, 9.17) is 14.3 Å². The molecule has 1 saturated heterocycles. The second-order valence-corrected chi connectivity index (χ2v) is 9.62. The van der Waals surface area contributed by atoms with Crippen LogP contribution in [0.3, 0.4) is 0 Å². The standard InChI is InChI=1S/C25H33N2O5/c1-5-26(6-2)22(29)15-30-27(4)13-12-25-18-8-7-9-21(25)32-24-20(31-16(3)28)11-10-17(23(24)25)14-19(18)27/h7-8,10-11,18-19,21H,5-6,9,12-15H2,1-4H3/q+1/t18-,19+,21-,25+,27?/m0/s1. The van der Waals surface area contributed by atoms with Gasteiger partial charge in [-0.05, 0) is 25.5 Å². The summed E-state index contributed by atoms with van der Waals surface area (Å²) in [5.74, 6) is 1.25. The molecule has 2 aliphatic heterocycles. The molecule has 1 unspecified atom stereocenters. The van der Waals surface area contributed by atoms with Crippen molar-refractivity contribution in [1.82, 2.24) is 4.90 Å². The highest BCUT2D eigenvalue weighted by atomic mass is 16.7. The van der Waals surface area contributed by atoms with Crippen LogP contribution >= 0.6 is 0 Å². The summed E-state index contributed by atoms with van der Waals surface area (Å²) in [5.41, 5.74) is 2.36. The monoisotopic (exact) mass is 441 g/mol. The van der Waals surface area contributed by atoms with Crippen LogP contribution < -0.4 is 9.47 Å². The predicted octanol–water partition coefficient (Wildman–Crippen LogP) is 2.76. The Morgan fingerprint density at radius 2 is 2.06 bits per heavy atom. The van der Waals surface area contributed by atoms with Gasteiger partial charge in [-0.2, -0.15) is 9.48 Å². The molecular formula is C25H33N2O5+. The molecule has 0 N–H and O–H groups in total. The van der Waals surface area contributed by atoms with Crippen molar-refractivity contribution in [2.24, 2.45) is 5.92 Å². The number of hydrogen-bond acceptors (Lipinski definition) is 5. The average molecular weight is 442 g/mol. The van der Waals surface area contributed by atoms with Crippen LogP contribution in [0.1, 0.15) is 44.7 Å². The highest BCUT2D eigenvalue weighted by Crippen LogP contribution is 2.63. The number of likely N-dealkylation sites (tertiary alicyclic amines) is 1. The van der Waals surface area contributed by atoms with Crippen LogP contribution in [-0.2, 0) is 26.3 Å². The molecule has 5 atom stereocenters. The topological polar surface area (TPSA) is 65.1 Å². The van der Waals surface area contributed by atoms with Crippen LogP contribution in [0.2, 0.25) is 0 Å². The summed E-state index contributed by atoms with van der Waals surface area (Å²) < 4.78 is 12.4. The highest BCUT2D eigenvalue weighted by molar-refractivity contribution is 5.77. The minimum Gasteiger partial charge on any atom is -0.485 e. The zero-order chi connectivity index (χ0) is 22.7. The van der Waals surface area contributed by atoms with Gasteiger partial charge in [-0.3, -0.25) is 9.59 Å². The number of carbonyl (C=O) groups is 2. The van der Waals surface area contributed by atoms with Gasteiger partial charge in [0.25, 0.3) is 5.91 Å². The lowest BCUT2D eigenvalue weighted by atomic mass is 9.53. The van der Waals surface area contributed by atoms with Gasteiger partial charge in [0.15, 0.2) is 18.1 Å². The molecule has 1 aromatic carbocycles. The lowest BCUT2D eigenvalue weighted by Gasteiger charge is -2.57. The van der Waals surface area contributed by atoms with Gasteiger partial charge in [0.1, 0.15) is 18.7 Å². The molecular weight excluding hydrogens is 408 g/mol. The summed E-state index contributed by atoms with van der Waals surface area (Å²) >= 11 is 0. The van der Waals surface area contributed by atoms with E-state index in [0.29, 0.717) is 23.5 Å². The summed E-state index contributed by atoms with van der Waals surface area (Å²) in [4.78, 5) is 32.5. The van der Waals surface area contributed by atoms with E-state index in [9.17, 15) is 9.59 Å². The molecule has 2 heterocycles. The second kappa shape index (κ2) is 7.59. The van der Waals surface area contributed by atoms with Crippen LogP contribution in [0.15, 0.2) is 24.3 Å². The van der Waals surface area contributed by atoms with E-state index < -0.39 is 0 Å². The summed E-state index contributed by atoms with van der Waals surface area (Å²) in [6, 6.07) is 4.15. The molecule has 0 radical (unpaired) electrons. The summed E-state index contributed by atoms with van der Waals surface area (Å²) in [5, 5.41) is 0. The van der Waals surface area contributed by atoms with Gasteiger partial charge >= 0.3 is 5.97 Å². The Bertz CT molecular complexity index is 987. The molecule has 7 nitrogen and oxygen atoms in total. The smallest absolute Gasteiger partial charge is 0.308 e. The molecule has 1 spiro atoms. The van der Waals surface area contributed by atoms with Crippen molar-refractivity contribution in [3.63, 3.8) is 0 Å². The van der Waals surface area contributed by atoms with E-state index in [0.717, 1.165) is 31.6 Å². The molecule has 0 aromatic heterocycles. The average Bonchev–Trinajstić information content (AvgIpc) is 3.11. The maximum Gasteiger partial charge on any atom is 0.308 e. The SMILES string of the molecule is CCN(CC)C(=O)CO[N+]1(C)CC[C@]23c4c5ccc(OC(C)=O)c4O[C@H]2CC=C[C@H]3[C@H]1C5. The third kappa shape index (κ3) is 2.94. The number of carbonyl (C=O) groups excluding carboxylic acids is 2. The molecule has 7 heteroatoms. The van der Waals surface area contributed by atoms with Crippen molar-refractivity contribution < 1.29 is 28.5 Å². The molecule has 0 saturated carbocycles. The number of amides is 1. The quantitative estimate of drug-likeness (QED) is 0.294. The number of nitrogens with zero attached hydrogens (tertiary/aromatic N) is 2. The number of rotatable bonds is 6. The summed E-state index contributed by atoms with van der Waals surface area (Å²) in [6.07, 6.45) is 7.19. The zero-order valence-corrected chi connectivity index (χ0v) is 19.4. The fourth-order valence-corrected chi connectivity index (χ4v) is 6.62. The number of quaternary nitrogens is 1. The molecule has 1 aromatic rings. The molecule has 1 amide bonds. The molecule has 2 aliphatic carbocycles. The zero-order valence-electron chi connectivity index (χ0n) is 19.4. The number of benzene rings is 1. The number of hydrogen-bond donors (Lipinski definition) is 0. The van der Waals surface area contributed by atoms with Gasteiger partial charge in [-0.15, -0.1) is 0 Å².